The van der Waals surface area contributed by atoms with Crippen LogP contribution in [-0.2, 0) is 6.42 Å². The Kier molecular flexibility index (Phi) is 5.06. The fourth-order valence-corrected chi connectivity index (χ4v) is 2.11. The van der Waals surface area contributed by atoms with Crippen molar-refractivity contribution >= 4 is 5.91 Å². The number of amides is 1. The summed E-state index contributed by atoms with van der Waals surface area (Å²) in [6.07, 6.45) is 0.545. The maximum absolute atomic E-state index is 13.2. The molecule has 110 valence electrons. The van der Waals surface area contributed by atoms with Crippen molar-refractivity contribution in [2.24, 2.45) is 0 Å². The van der Waals surface area contributed by atoms with E-state index in [1.165, 1.54) is 18.2 Å². The zero-order valence-corrected chi connectivity index (χ0v) is 11.8. The Labute approximate surface area is 123 Å². The van der Waals surface area contributed by atoms with Crippen molar-refractivity contribution in [1.29, 1.82) is 0 Å². The second-order valence-corrected chi connectivity index (χ2v) is 5.01. The summed E-state index contributed by atoms with van der Waals surface area (Å²) in [7, 11) is 0. The zero-order chi connectivity index (χ0) is 15.2. The van der Waals surface area contributed by atoms with E-state index < -0.39 is 0 Å². The average molecular weight is 287 g/mol. The maximum Gasteiger partial charge on any atom is 0.251 e. The van der Waals surface area contributed by atoms with Crippen LogP contribution < -0.4 is 5.32 Å². The normalized spacial score (nSPS) is 12.0. The van der Waals surface area contributed by atoms with Crippen molar-refractivity contribution in [3.8, 4) is 0 Å². The molecule has 2 rings (SSSR count). The van der Waals surface area contributed by atoms with E-state index >= 15 is 0 Å². The Balaban J connectivity index is 2.04. The highest BCUT2D eigenvalue weighted by atomic mass is 19.1. The van der Waals surface area contributed by atoms with Crippen LogP contribution in [0.15, 0.2) is 48.5 Å². The molecule has 0 radical (unpaired) electrons. The number of carbonyl (C=O) groups is 1. The van der Waals surface area contributed by atoms with Crippen LogP contribution in [0.3, 0.4) is 0 Å². The van der Waals surface area contributed by atoms with E-state index in [1.54, 1.807) is 6.92 Å². The molecule has 0 aromatic heterocycles. The summed E-state index contributed by atoms with van der Waals surface area (Å²) in [6.45, 7) is 1.46. The number of carbonyl (C=O) groups excluding carboxylic acids is 1. The summed E-state index contributed by atoms with van der Waals surface area (Å²) in [4.78, 5) is 12.1. The van der Waals surface area contributed by atoms with Gasteiger partial charge in [-0.3, -0.25) is 4.79 Å². The second kappa shape index (κ2) is 6.99. The number of aliphatic hydroxyl groups is 1. The molecule has 2 N–H and O–H groups in total. The van der Waals surface area contributed by atoms with Crippen LogP contribution in [0.2, 0.25) is 0 Å². The van der Waals surface area contributed by atoms with Crippen LogP contribution in [-0.4, -0.2) is 23.7 Å². The van der Waals surface area contributed by atoms with Gasteiger partial charge in [0.1, 0.15) is 5.82 Å². The minimum Gasteiger partial charge on any atom is -0.394 e. The largest absolute Gasteiger partial charge is 0.394 e. The molecule has 2 aromatic carbocycles. The predicted molar refractivity (Wildman–Crippen MR) is 79.6 cm³/mol. The van der Waals surface area contributed by atoms with E-state index in [0.717, 1.165) is 5.56 Å². The summed E-state index contributed by atoms with van der Waals surface area (Å²) < 4.78 is 13.2. The Morgan fingerprint density at radius 2 is 1.95 bits per heavy atom. The van der Waals surface area contributed by atoms with Gasteiger partial charge in [-0.25, -0.2) is 4.39 Å². The van der Waals surface area contributed by atoms with Gasteiger partial charge < -0.3 is 10.4 Å². The number of hydrogen-bond acceptors (Lipinski definition) is 2. The number of hydrogen-bond donors (Lipinski definition) is 2. The first kappa shape index (κ1) is 15.2. The van der Waals surface area contributed by atoms with Crippen LogP contribution in [0.4, 0.5) is 4.39 Å². The molecule has 0 heterocycles. The molecule has 4 heteroatoms. The molecule has 0 bridgehead atoms. The van der Waals surface area contributed by atoms with E-state index in [1.807, 2.05) is 30.3 Å². The number of aliphatic hydroxyl groups excluding tert-OH is 1. The third-order valence-electron chi connectivity index (χ3n) is 3.30. The molecule has 0 aliphatic carbocycles. The molecule has 0 aliphatic heterocycles. The molecule has 0 fully saturated rings. The number of benzene rings is 2. The molecule has 0 unspecified atom stereocenters. The fourth-order valence-electron chi connectivity index (χ4n) is 2.11. The van der Waals surface area contributed by atoms with Gasteiger partial charge >= 0.3 is 0 Å². The Morgan fingerprint density at radius 1 is 1.24 bits per heavy atom. The summed E-state index contributed by atoms with van der Waals surface area (Å²) in [5, 5.41) is 12.2. The topological polar surface area (TPSA) is 49.3 Å². The van der Waals surface area contributed by atoms with Crippen LogP contribution >= 0.6 is 0 Å². The van der Waals surface area contributed by atoms with E-state index in [2.05, 4.69) is 5.32 Å². The lowest BCUT2D eigenvalue weighted by Gasteiger charge is -2.16. The number of halogens is 1. The zero-order valence-electron chi connectivity index (χ0n) is 11.8. The lowest BCUT2D eigenvalue weighted by atomic mass is 10.1. The van der Waals surface area contributed by atoms with Crippen molar-refractivity contribution in [1.82, 2.24) is 5.32 Å². The standard InChI is InChI=1S/C17H18FNO2/c1-12-9-14(7-8-16(12)18)17(21)19-15(11-20)10-13-5-3-2-4-6-13/h2-9,15,20H,10-11H2,1H3,(H,19,21)/t15-/m1/s1. The minimum atomic E-state index is -0.370. The van der Waals surface area contributed by atoms with Gasteiger partial charge in [0.2, 0.25) is 0 Å². The molecule has 0 aliphatic rings. The van der Waals surface area contributed by atoms with Gasteiger partial charge in [-0.2, -0.15) is 0 Å². The molecule has 0 spiro atoms. The van der Waals surface area contributed by atoms with Crippen molar-refractivity contribution in [3.05, 3.63) is 71.0 Å². The summed E-state index contributed by atoms with van der Waals surface area (Å²) in [5.74, 6) is -0.650. The quantitative estimate of drug-likeness (QED) is 0.887. The van der Waals surface area contributed by atoms with Crippen molar-refractivity contribution < 1.29 is 14.3 Å². The summed E-state index contributed by atoms with van der Waals surface area (Å²) >= 11 is 0. The van der Waals surface area contributed by atoms with E-state index in [4.69, 9.17) is 0 Å². The third kappa shape index (κ3) is 4.13. The van der Waals surface area contributed by atoms with E-state index in [-0.39, 0.29) is 24.4 Å². The Bertz CT molecular complexity index is 613. The van der Waals surface area contributed by atoms with E-state index in [0.29, 0.717) is 17.5 Å². The van der Waals surface area contributed by atoms with Gasteiger partial charge in [0.15, 0.2) is 0 Å². The van der Waals surface area contributed by atoms with Gasteiger partial charge in [-0.05, 0) is 42.7 Å². The van der Waals surface area contributed by atoms with Gasteiger partial charge in [0, 0.05) is 5.56 Å². The molecular weight excluding hydrogens is 269 g/mol. The first-order valence-corrected chi connectivity index (χ1v) is 6.82. The van der Waals surface area contributed by atoms with Crippen LogP contribution in [0, 0.1) is 12.7 Å². The first-order valence-electron chi connectivity index (χ1n) is 6.82. The first-order chi connectivity index (χ1) is 10.1. The highest BCUT2D eigenvalue weighted by molar-refractivity contribution is 5.94. The van der Waals surface area contributed by atoms with Gasteiger partial charge in [0.05, 0.1) is 12.6 Å². The molecule has 2 aromatic rings. The molecule has 1 atom stereocenters. The molecular formula is C17H18FNO2. The molecule has 0 saturated carbocycles. The Morgan fingerprint density at radius 3 is 2.57 bits per heavy atom. The predicted octanol–water partition coefficient (Wildman–Crippen LogP) is 2.47. The Hall–Kier alpha value is -2.20. The second-order valence-electron chi connectivity index (χ2n) is 5.01. The fraction of sp³-hybridized carbons (Fsp3) is 0.235. The summed E-state index contributed by atoms with van der Waals surface area (Å²) in [6, 6.07) is 13.5. The van der Waals surface area contributed by atoms with E-state index in [9.17, 15) is 14.3 Å². The highest BCUT2D eigenvalue weighted by Crippen LogP contribution is 2.10. The van der Waals surface area contributed by atoms with Crippen LogP contribution in [0.25, 0.3) is 0 Å². The number of nitrogens with one attached hydrogen (secondary N) is 1. The monoisotopic (exact) mass is 287 g/mol. The lowest BCUT2D eigenvalue weighted by Crippen LogP contribution is -2.39. The van der Waals surface area contributed by atoms with Crippen LogP contribution in [0.1, 0.15) is 21.5 Å². The van der Waals surface area contributed by atoms with Gasteiger partial charge in [-0.15, -0.1) is 0 Å². The maximum atomic E-state index is 13.2. The average Bonchev–Trinajstić information content (AvgIpc) is 2.50. The van der Waals surface area contributed by atoms with Crippen molar-refractivity contribution in [2.45, 2.75) is 19.4 Å². The van der Waals surface area contributed by atoms with Crippen molar-refractivity contribution in [3.63, 3.8) is 0 Å². The minimum absolute atomic E-state index is 0.152. The third-order valence-corrected chi connectivity index (χ3v) is 3.30. The lowest BCUT2D eigenvalue weighted by molar-refractivity contribution is 0.0916. The number of aryl methyl sites for hydroxylation is 1. The SMILES string of the molecule is Cc1cc(C(=O)N[C@@H](CO)Cc2ccccc2)ccc1F. The summed E-state index contributed by atoms with van der Waals surface area (Å²) in [5.41, 5.74) is 1.85. The van der Waals surface area contributed by atoms with Gasteiger partial charge in [-0.1, -0.05) is 30.3 Å². The van der Waals surface area contributed by atoms with Gasteiger partial charge in [0.25, 0.3) is 5.91 Å². The smallest absolute Gasteiger partial charge is 0.251 e. The molecule has 1 amide bonds. The van der Waals surface area contributed by atoms with Crippen LogP contribution in [0.5, 0.6) is 0 Å². The number of rotatable bonds is 5. The molecule has 21 heavy (non-hydrogen) atoms. The van der Waals surface area contributed by atoms with Crippen molar-refractivity contribution in [2.75, 3.05) is 6.61 Å². The molecule has 0 saturated heterocycles. The highest BCUT2D eigenvalue weighted by Gasteiger charge is 2.14. The molecule has 3 nitrogen and oxygen atoms in total.